The first-order chi connectivity index (χ1) is 16.1. The number of rotatable bonds is 7. The van der Waals surface area contributed by atoms with Crippen molar-refractivity contribution in [2.45, 2.75) is 11.8 Å². The van der Waals surface area contributed by atoms with Crippen molar-refractivity contribution < 1.29 is 31.9 Å². The molecule has 34 heavy (non-hydrogen) atoms. The molecule has 0 aliphatic carbocycles. The fraction of sp³-hybridized carbons (Fsp3) is 0.130. The number of aryl methyl sites for hydroxylation is 1. The molecule has 3 aromatic carbocycles. The summed E-state index contributed by atoms with van der Waals surface area (Å²) in [5.41, 5.74) is 5.44. The average Bonchev–Trinajstić information content (AvgIpc) is 2.83. The van der Waals surface area contributed by atoms with Crippen LogP contribution in [0.15, 0.2) is 65.6 Å². The van der Waals surface area contributed by atoms with Gasteiger partial charge in [-0.05, 0) is 67.1 Å². The van der Waals surface area contributed by atoms with Gasteiger partial charge in [-0.2, -0.15) is 0 Å². The van der Waals surface area contributed by atoms with Crippen molar-refractivity contribution in [3.63, 3.8) is 0 Å². The van der Waals surface area contributed by atoms with Crippen LogP contribution in [0.25, 0.3) is 0 Å². The van der Waals surface area contributed by atoms with Crippen LogP contribution in [0.1, 0.15) is 26.3 Å². The van der Waals surface area contributed by atoms with Crippen molar-refractivity contribution >= 4 is 27.5 Å². The van der Waals surface area contributed by atoms with Gasteiger partial charge in [-0.25, -0.2) is 12.8 Å². The Morgan fingerprint density at radius 3 is 2.12 bits per heavy atom. The van der Waals surface area contributed by atoms with Crippen LogP contribution in [0.2, 0.25) is 0 Å². The van der Waals surface area contributed by atoms with Gasteiger partial charge in [-0.3, -0.25) is 25.2 Å². The van der Waals surface area contributed by atoms with Gasteiger partial charge in [0.2, 0.25) is 0 Å². The van der Waals surface area contributed by atoms with Crippen LogP contribution in [0, 0.1) is 12.7 Å². The molecule has 0 aliphatic rings. The van der Waals surface area contributed by atoms with E-state index in [2.05, 4.69) is 15.6 Å². The Labute approximate surface area is 195 Å². The monoisotopic (exact) mass is 487 g/mol. The van der Waals surface area contributed by atoms with Gasteiger partial charge in [-0.15, -0.1) is 0 Å². The maximum atomic E-state index is 13.1. The minimum Gasteiger partial charge on any atom is -0.493 e. The van der Waals surface area contributed by atoms with Crippen molar-refractivity contribution in [3.8, 4) is 11.5 Å². The normalized spacial score (nSPS) is 10.8. The highest BCUT2D eigenvalue weighted by molar-refractivity contribution is 7.92. The summed E-state index contributed by atoms with van der Waals surface area (Å²) in [6, 6.07) is 13.2. The molecule has 0 radical (unpaired) electrons. The van der Waals surface area contributed by atoms with E-state index in [1.165, 1.54) is 56.7 Å². The molecule has 11 heteroatoms. The molecular weight excluding hydrogens is 465 g/mol. The van der Waals surface area contributed by atoms with E-state index in [4.69, 9.17) is 9.47 Å². The van der Waals surface area contributed by atoms with Crippen molar-refractivity contribution in [3.05, 3.63) is 83.2 Å². The summed E-state index contributed by atoms with van der Waals surface area (Å²) in [4.78, 5) is 24.9. The van der Waals surface area contributed by atoms with Crippen LogP contribution in [0.3, 0.4) is 0 Å². The highest BCUT2D eigenvalue weighted by Crippen LogP contribution is 2.27. The lowest BCUT2D eigenvalue weighted by Gasteiger charge is -2.13. The number of sulfonamides is 1. The van der Waals surface area contributed by atoms with E-state index >= 15 is 0 Å². The first-order valence-corrected chi connectivity index (χ1v) is 11.3. The summed E-state index contributed by atoms with van der Waals surface area (Å²) in [5.74, 6) is -1.07. The Hall–Kier alpha value is -4.12. The minimum atomic E-state index is -4.05. The second-order valence-corrected chi connectivity index (χ2v) is 8.75. The van der Waals surface area contributed by atoms with E-state index in [1.54, 1.807) is 13.0 Å². The van der Waals surface area contributed by atoms with E-state index < -0.39 is 27.7 Å². The molecule has 0 fully saturated rings. The molecule has 3 aromatic rings. The molecule has 0 aromatic heterocycles. The number of hydrazine groups is 1. The zero-order valence-corrected chi connectivity index (χ0v) is 19.3. The molecule has 0 spiro atoms. The Morgan fingerprint density at radius 2 is 1.47 bits per heavy atom. The zero-order valence-electron chi connectivity index (χ0n) is 18.5. The molecule has 0 saturated carbocycles. The summed E-state index contributed by atoms with van der Waals surface area (Å²) in [5, 5.41) is 0. The molecule has 0 heterocycles. The Kier molecular flexibility index (Phi) is 7.37. The number of hydrogen-bond acceptors (Lipinski definition) is 6. The molecule has 0 atom stereocenters. The van der Waals surface area contributed by atoms with Crippen LogP contribution in [0.4, 0.5) is 10.1 Å². The summed E-state index contributed by atoms with van der Waals surface area (Å²) in [6.45, 7) is 1.62. The van der Waals surface area contributed by atoms with Crippen LogP contribution in [-0.4, -0.2) is 34.5 Å². The van der Waals surface area contributed by atoms with Crippen molar-refractivity contribution in [2.24, 2.45) is 0 Å². The van der Waals surface area contributed by atoms with Gasteiger partial charge in [0.1, 0.15) is 5.82 Å². The predicted molar refractivity (Wildman–Crippen MR) is 123 cm³/mol. The molecule has 3 N–H and O–H groups in total. The molecule has 178 valence electrons. The SMILES string of the molecule is COc1ccc(C(=O)NNC(=O)c2cc(S(=O)(=O)Nc3ccc(F)cc3)ccc2C)cc1OC. The van der Waals surface area contributed by atoms with Gasteiger partial charge in [0.05, 0.1) is 19.1 Å². The average molecular weight is 488 g/mol. The smallest absolute Gasteiger partial charge is 0.270 e. The van der Waals surface area contributed by atoms with E-state index in [1.807, 2.05) is 0 Å². The second kappa shape index (κ2) is 10.2. The number of nitrogens with one attached hydrogen (secondary N) is 3. The lowest BCUT2D eigenvalue weighted by atomic mass is 10.1. The fourth-order valence-electron chi connectivity index (χ4n) is 2.98. The van der Waals surface area contributed by atoms with Gasteiger partial charge in [0.25, 0.3) is 21.8 Å². The molecular formula is C23H22FN3O6S. The third-order valence-electron chi connectivity index (χ3n) is 4.80. The fourth-order valence-corrected chi connectivity index (χ4v) is 4.06. The van der Waals surface area contributed by atoms with Gasteiger partial charge < -0.3 is 9.47 Å². The minimum absolute atomic E-state index is 0.0367. The first kappa shape index (κ1) is 24.5. The maximum Gasteiger partial charge on any atom is 0.270 e. The molecule has 3 rings (SSSR count). The number of benzene rings is 3. The highest BCUT2D eigenvalue weighted by atomic mass is 32.2. The van der Waals surface area contributed by atoms with E-state index in [9.17, 15) is 22.4 Å². The number of halogens is 1. The number of carbonyl (C=O) groups excluding carboxylic acids is 2. The van der Waals surface area contributed by atoms with Crippen LogP contribution < -0.4 is 25.0 Å². The number of anilines is 1. The third kappa shape index (κ3) is 5.62. The van der Waals surface area contributed by atoms with Gasteiger partial charge in [0.15, 0.2) is 11.5 Å². The van der Waals surface area contributed by atoms with E-state index in [-0.39, 0.29) is 21.7 Å². The topological polar surface area (TPSA) is 123 Å². The number of amides is 2. The summed E-state index contributed by atoms with van der Waals surface area (Å²) in [6.07, 6.45) is 0. The van der Waals surface area contributed by atoms with Crippen molar-refractivity contribution in [1.29, 1.82) is 0 Å². The summed E-state index contributed by atoms with van der Waals surface area (Å²) >= 11 is 0. The number of methoxy groups -OCH3 is 2. The molecule has 9 nitrogen and oxygen atoms in total. The largest absolute Gasteiger partial charge is 0.493 e. The molecule has 0 saturated heterocycles. The molecule has 0 bridgehead atoms. The Balaban J connectivity index is 1.74. The summed E-state index contributed by atoms with van der Waals surface area (Å²) in [7, 11) is -1.16. The Bertz CT molecular complexity index is 1330. The maximum absolute atomic E-state index is 13.1. The van der Waals surface area contributed by atoms with E-state index in [0.29, 0.717) is 17.1 Å². The van der Waals surface area contributed by atoms with Crippen LogP contribution >= 0.6 is 0 Å². The molecule has 0 aliphatic heterocycles. The number of carbonyl (C=O) groups is 2. The second-order valence-electron chi connectivity index (χ2n) is 7.07. The zero-order chi connectivity index (χ0) is 24.9. The predicted octanol–water partition coefficient (Wildman–Crippen LogP) is 3.03. The van der Waals surface area contributed by atoms with Crippen LogP contribution in [-0.2, 0) is 10.0 Å². The van der Waals surface area contributed by atoms with Gasteiger partial charge in [-0.1, -0.05) is 6.07 Å². The summed E-state index contributed by atoms with van der Waals surface area (Å²) < 4.78 is 51.1. The molecule has 0 unspecified atom stereocenters. The lowest BCUT2D eigenvalue weighted by Crippen LogP contribution is -2.42. The quantitative estimate of drug-likeness (QED) is 0.441. The van der Waals surface area contributed by atoms with Crippen molar-refractivity contribution in [1.82, 2.24) is 10.9 Å². The first-order valence-electron chi connectivity index (χ1n) is 9.86. The lowest BCUT2D eigenvalue weighted by molar-refractivity contribution is 0.0846. The standard InChI is InChI=1S/C23H22FN3O6S/c1-14-4-10-18(34(30,31)27-17-8-6-16(24)7-9-17)13-19(14)23(29)26-25-22(28)15-5-11-20(32-2)21(12-15)33-3/h4-13,27H,1-3H3,(H,25,28)(H,26,29). The van der Waals surface area contributed by atoms with Gasteiger partial charge in [0, 0.05) is 16.8 Å². The number of ether oxygens (including phenoxy) is 2. The van der Waals surface area contributed by atoms with E-state index in [0.717, 1.165) is 12.1 Å². The van der Waals surface area contributed by atoms with Gasteiger partial charge >= 0.3 is 0 Å². The molecule has 2 amide bonds. The van der Waals surface area contributed by atoms with Crippen LogP contribution in [0.5, 0.6) is 11.5 Å². The number of hydrogen-bond donors (Lipinski definition) is 3. The third-order valence-corrected chi connectivity index (χ3v) is 6.17. The van der Waals surface area contributed by atoms with Crippen molar-refractivity contribution in [2.75, 3.05) is 18.9 Å². The Morgan fingerprint density at radius 1 is 0.824 bits per heavy atom. The highest BCUT2D eigenvalue weighted by Gasteiger charge is 2.19.